The monoisotopic (exact) mass is 374 g/mol. The van der Waals surface area contributed by atoms with Crippen LogP contribution in [-0.2, 0) is 4.79 Å². The summed E-state index contributed by atoms with van der Waals surface area (Å²) < 4.78 is 5.31. The minimum absolute atomic E-state index is 0.143. The van der Waals surface area contributed by atoms with Crippen molar-refractivity contribution in [1.82, 2.24) is 15.2 Å². The number of aromatic nitrogens is 3. The van der Waals surface area contributed by atoms with Gasteiger partial charge in [-0.3, -0.25) is 9.89 Å². The molecular formula is C17H15ClN4O2S. The van der Waals surface area contributed by atoms with Crippen molar-refractivity contribution in [3.05, 3.63) is 53.6 Å². The van der Waals surface area contributed by atoms with Crippen molar-refractivity contribution in [3.63, 3.8) is 0 Å². The predicted molar refractivity (Wildman–Crippen MR) is 99.2 cm³/mol. The summed E-state index contributed by atoms with van der Waals surface area (Å²) in [4.78, 5) is 16.4. The third-order valence-corrected chi connectivity index (χ3v) is 4.39. The number of nitrogens with one attached hydrogen (secondary N) is 2. The molecule has 0 aliphatic carbocycles. The number of para-hydroxylation sites is 1. The van der Waals surface area contributed by atoms with Gasteiger partial charge in [0.2, 0.25) is 11.1 Å². The van der Waals surface area contributed by atoms with E-state index < -0.39 is 0 Å². The summed E-state index contributed by atoms with van der Waals surface area (Å²) in [7, 11) is 1.60. The molecule has 0 saturated heterocycles. The number of H-pyrrole nitrogens is 1. The summed E-state index contributed by atoms with van der Waals surface area (Å²) in [5.41, 5.74) is 1.51. The Morgan fingerprint density at radius 1 is 1.24 bits per heavy atom. The molecule has 0 fully saturated rings. The average molecular weight is 375 g/mol. The SMILES string of the molecule is COc1ccccc1-c1nc(SCC(=O)Nc2ccc(Cl)cc2)n[nH]1. The molecule has 8 heteroatoms. The Morgan fingerprint density at radius 3 is 2.76 bits per heavy atom. The molecule has 2 aromatic carbocycles. The number of carbonyl (C=O) groups excluding carboxylic acids is 1. The van der Waals surface area contributed by atoms with E-state index in [2.05, 4.69) is 20.5 Å². The Balaban J connectivity index is 1.60. The first-order valence-corrected chi connectivity index (χ1v) is 8.76. The van der Waals surface area contributed by atoms with E-state index in [1.165, 1.54) is 11.8 Å². The number of hydrogen-bond acceptors (Lipinski definition) is 5. The lowest BCUT2D eigenvalue weighted by Crippen LogP contribution is -2.13. The van der Waals surface area contributed by atoms with Gasteiger partial charge in [0.15, 0.2) is 5.82 Å². The number of ether oxygens (including phenoxy) is 1. The normalized spacial score (nSPS) is 10.5. The van der Waals surface area contributed by atoms with Crippen LogP contribution in [0.15, 0.2) is 53.7 Å². The highest BCUT2D eigenvalue weighted by Gasteiger charge is 2.12. The van der Waals surface area contributed by atoms with Crippen LogP contribution >= 0.6 is 23.4 Å². The topological polar surface area (TPSA) is 79.9 Å². The molecule has 25 heavy (non-hydrogen) atoms. The van der Waals surface area contributed by atoms with E-state index in [9.17, 15) is 4.79 Å². The number of amides is 1. The maximum absolute atomic E-state index is 12.0. The quantitative estimate of drug-likeness (QED) is 0.640. The minimum Gasteiger partial charge on any atom is -0.496 e. The van der Waals surface area contributed by atoms with Gasteiger partial charge in [0.25, 0.3) is 0 Å². The van der Waals surface area contributed by atoms with Crippen LogP contribution in [0.2, 0.25) is 5.02 Å². The largest absolute Gasteiger partial charge is 0.496 e. The molecule has 6 nitrogen and oxygen atoms in total. The van der Waals surface area contributed by atoms with Crippen LogP contribution in [0.1, 0.15) is 0 Å². The fraction of sp³-hybridized carbons (Fsp3) is 0.118. The highest BCUT2D eigenvalue weighted by molar-refractivity contribution is 7.99. The van der Waals surface area contributed by atoms with Crippen molar-refractivity contribution < 1.29 is 9.53 Å². The lowest BCUT2D eigenvalue weighted by Gasteiger charge is -2.04. The zero-order chi connectivity index (χ0) is 17.6. The number of methoxy groups -OCH3 is 1. The summed E-state index contributed by atoms with van der Waals surface area (Å²) in [6.07, 6.45) is 0. The average Bonchev–Trinajstić information content (AvgIpc) is 3.11. The van der Waals surface area contributed by atoms with Crippen molar-refractivity contribution in [2.45, 2.75) is 5.16 Å². The third-order valence-electron chi connectivity index (χ3n) is 3.29. The maximum Gasteiger partial charge on any atom is 0.234 e. The van der Waals surface area contributed by atoms with E-state index in [1.54, 1.807) is 31.4 Å². The van der Waals surface area contributed by atoms with Gasteiger partial charge in [-0.25, -0.2) is 4.98 Å². The van der Waals surface area contributed by atoms with E-state index in [4.69, 9.17) is 16.3 Å². The predicted octanol–water partition coefficient (Wildman–Crippen LogP) is 3.86. The third kappa shape index (κ3) is 4.52. The molecule has 0 radical (unpaired) electrons. The summed E-state index contributed by atoms with van der Waals surface area (Å²) in [5.74, 6) is 1.36. The lowest BCUT2D eigenvalue weighted by molar-refractivity contribution is -0.113. The fourth-order valence-corrected chi connectivity index (χ4v) is 2.86. The van der Waals surface area contributed by atoms with Gasteiger partial charge in [-0.05, 0) is 36.4 Å². The highest BCUT2D eigenvalue weighted by atomic mass is 35.5. The second kappa shape index (κ2) is 8.04. The highest BCUT2D eigenvalue weighted by Crippen LogP contribution is 2.27. The van der Waals surface area contributed by atoms with E-state index >= 15 is 0 Å². The molecule has 1 heterocycles. The van der Waals surface area contributed by atoms with Crippen molar-refractivity contribution in [2.24, 2.45) is 0 Å². The van der Waals surface area contributed by atoms with Gasteiger partial charge in [-0.2, -0.15) is 0 Å². The molecule has 128 valence electrons. The Kier molecular flexibility index (Phi) is 5.57. The molecule has 0 atom stereocenters. The first kappa shape index (κ1) is 17.3. The molecule has 0 spiro atoms. The zero-order valence-corrected chi connectivity index (χ0v) is 14.9. The fourth-order valence-electron chi connectivity index (χ4n) is 2.13. The van der Waals surface area contributed by atoms with Crippen LogP contribution < -0.4 is 10.1 Å². The number of benzene rings is 2. The second-order valence-corrected chi connectivity index (χ2v) is 6.39. The number of halogens is 1. The van der Waals surface area contributed by atoms with Crippen LogP contribution in [0.4, 0.5) is 5.69 Å². The van der Waals surface area contributed by atoms with Crippen molar-refractivity contribution in [2.75, 3.05) is 18.2 Å². The molecule has 3 rings (SSSR count). The summed E-state index contributed by atoms with van der Waals surface area (Å²) >= 11 is 7.07. The molecule has 0 unspecified atom stereocenters. The van der Waals surface area contributed by atoms with Gasteiger partial charge in [0, 0.05) is 10.7 Å². The maximum atomic E-state index is 12.0. The Bertz CT molecular complexity index is 867. The van der Waals surface area contributed by atoms with Crippen molar-refractivity contribution in [1.29, 1.82) is 0 Å². The molecule has 2 N–H and O–H groups in total. The zero-order valence-electron chi connectivity index (χ0n) is 13.3. The van der Waals surface area contributed by atoms with Crippen LogP contribution in [-0.4, -0.2) is 34.0 Å². The molecule has 0 aliphatic rings. The van der Waals surface area contributed by atoms with Crippen LogP contribution in [0.25, 0.3) is 11.4 Å². The first-order valence-electron chi connectivity index (χ1n) is 7.39. The summed E-state index contributed by atoms with van der Waals surface area (Å²) in [6.45, 7) is 0. The molecule has 1 aromatic heterocycles. The van der Waals surface area contributed by atoms with Gasteiger partial charge < -0.3 is 10.1 Å². The number of anilines is 1. The number of carbonyl (C=O) groups is 1. The van der Waals surface area contributed by atoms with E-state index in [1.807, 2.05) is 24.3 Å². The molecule has 0 bridgehead atoms. The Hall–Kier alpha value is -2.51. The van der Waals surface area contributed by atoms with Crippen molar-refractivity contribution in [3.8, 4) is 17.1 Å². The molecule has 3 aromatic rings. The van der Waals surface area contributed by atoms with E-state index in [0.717, 1.165) is 5.56 Å². The van der Waals surface area contributed by atoms with Crippen LogP contribution in [0.3, 0.4) is 0 Å². The van der Waals surface area contributed by atoms with Gasteiger partial charge in [-0.1, -0.05) is 35.5 Å². The van der Waals surface area contributed by atoms with Gasteiger partial charge >= 0.3 is 0 Å². The smallest absolute Gasteiger partial charge is 0.234 e. The number of thioether (sulfide) groups is 1. The van der Waals surface area contributed by atoms with E-state index in [0.29, 0.717) is 27.4 Å². The summed E-state index contributed by atoms with van der Waals surface area (Å²) in [6, 6.07) is 14.5. The molecule has 0 aliphatic heterocycles. The number of rotatable bonds is 6. The first-order chi connectivity index (χ1) is 12.2. The molecular weight excluding hydrogens is 360 g/mol. The van der Waals surface area contributed by atoms with Crippen LogP contribution in [0.5, 0.6) is 5.75 Å². The Morgan fingerprint density at radius 2 is 2.00 bits per heavy atom. The number of aromatic amines is 1. The standard InChI is InChI=1S/C17H15ClN4O2S/c1-24-14-5-3-2-4-13(14)16-20-17(22-21-16)25-10-15(23)19-12-8-6-11(18)7-9-12/h2-9H,10H2,1H3,(H,19,23)(H,20,21,22). The second-order valence-electron chi connectivity index (χ2n) is 5.01. The summed E-state index contributed by atoms with van der Waals surface area (Å²) in [5, 5.41) is 10.9. The number of nitrogens with zero attached hydrogens (tertiary/aromatic N) is 2. The van der Waals surface area contributed by atoms with Crippen LogP contribution in [0, 0.1) is 0 Å². The molecule has 0 saturated carbocycles. The van der Waals surface area contributed by atoms with Gasteiger partial charge in [0.05, 0.1) is 18.4 Å². The van der Waals surface area contributed by atoms with E-state index in [-0.39, 0.29) is 11.7 Å². The van der Waals surface area contributed by atoms with Gasteiger partial charge in [0.1, 0.15) is 5.75 Å². The van der Waals surface area contributed by atoms with Gasteiger partial charge in [-0.15, -0.1) is 5.10 Å². The van der Waals surface area contributed by atoms with Crippen molar-refractivity contribution >= 4 is 35.0 Å². The number of hydrogen-bond donors (Lipinski definition) is 2. The molecule has 1 amide bonds. The Labute approximate surface area is 154 Å². The lowest BCUT2D eigenvalue weighted by atomic mass is 10.2. The minimum atomic E-state index is -0.143.